The maximum absolute atomic E-state index is 6.11. The van der Waals surface area contributed by atoms with Gasteiger partial charge in [-0.15, -0.1) is 0 Å². The Hall–Kier alpha value is -0.840. The summed E-state index contributed by atoms with van der Waals surface area (Å²) in [4.78, 5) is 4.50. The van der Waals surface area contributed by atoms with Crippen molar-refractivity contribution < 1.29 is 4.74 Å². The molecule has 1 heterocycles. The van der Waals surface area contributed by atoms with Gasteiger partial charge in [0.05, 0.1) is 15.2 Å². The predicted octanol–water partition coefficient (Wildman–Crippen LogP) is 3.79. The van der Waals surface area contributed by atoms with Gasteiger partial charge in [0.25, 0.3) is 0 Å². The topological polar surface area (TPSA) is 34.1 Å². The molecular weight excluding hydrogens is 256 g/mol. The molecule has 1 aromatic heterocycles. The van der Waals surface area contributed by atoms with Crippen LogP contribution in [-0.4, -0.2) is 24.7 Å². The number of rotatable bonds is 5. The molecule has 0 radical (unpaired) electrons. The van der Waals surface area contributed by atoms with E-state index in [1.54, 1.807) is 18.4 Å². The standard InChI is InChI=1S/C12H15ClN2OS/c1-8(6-7-16-2)14-12-15-10-5-3-4-9(13)11(10)17-12/h3-5,8H,6-7H2,1-2H3,(H,14,15). The van der Waals surface area contributed by atoms with Crippen LogP contribution in [0.15, 0.2) is 18.2 Å². The third-order valence-corrected chi connectivity index (χ3v) is 3.95. The summed E-state index contributed by atoms with van der Waals surface area (Å²) in [5.74, 6) is 0. The molecule has 1 N–H and O–H groups in total. The van der Waals surface area contributed by atoms with Gasteiger partial charge in [0.2, 0.25) is 0 Å². The maximum Gasteiger partial charge on any atom is 0.184 e. The third-order valence-electron chi connectivity index (χ3n) is 2.49. The molecule has 17 heavy (non-hydrogen) atoms. The van der Waals surface area contributed by atoms with Gasteiger partial charge in [-0.05, 0) is 25.5 Å². The second-order valence-corrected chi connectivity index (χ2v) is 5.34. The molecule has 0 saturated carbocycles. The molecule has 3 nitrogen and oxygen atoms in total. The average Bonchev–Trinajstić information content (AvgIpc) is 2.70. The highest BCUT2D eigenvalue weighted by atomic mass is 35.5. The molecule has 0 aliphatic rings. The molecule has 1 atom stereocenters. The number of hydrogen-bond donors (Lipinski definition) is 1. The number of fused-ring (bicyclic) bond motifs is 1. The number of nitrogens with one attached hydrogen (secondary N) is 1. The molecule has 0 amide bonds. The summed E-state index contributed by atoms with van der Waals surface area (Å²) in [7, 11) is 1.71. The molecule has 5 heteroatoms. The Morgan fingerprint density at radius 3 is 3.06 bits per heavy atom. The van der Waals surface area contributed by atoms with Crippen molar-refractivity contribution >= 4 is 38.3 Å². The molecule has 1 unspecified atom stereocenters. The normalized spacial score (nSPS) is 12.9. The van der Waals surface area contributed by atoms with Crippen molar-refractivity contribution in [2.45, 2.75) is 19.4 Å². The SMILES string of the molecule is COCCC(C)Nc1nc2cccc(Cl)c2s1. The van der Waals surface area contributed by atoms with E-state index in [0.29, 0.717) is 6.04 Å². The largest absolute Gasteiger partial charge is 0.385 e. The van der Waals surface area contributed by atoms with Crippen LogP contribution in [0.2, 0.25) is 5.02 Å². The Bertz CT molecular complexity index is 500. The summed E-state index contributed by atoms with van der Waals surface area (Å²) < 4.78 is 6.09. The first-order valence-electron chi connectivity index (χ1n) is 5.51. The molecule has 0 bridgehead atoms. The lowest BCUT2D eigenvalue weighted by atomic mass is 10.2. The highest BCUT2D eigenvalue weighted by Gasteiger charge is 2.08. The molecule has 0 aliphatic heterocycles. The van der Waals surface area contributed by atoms with E-state index in [0.717, 1.165) is 33.4 Å². The zero-order valence-electron chi connectivity index (χ0n) is 9.87. The predicted molar refractivity (Wildman–Crippen MR) is 74.2 cm³/mol. The fourth-order valence-electron chi connectivity index (χ4n) is 1.55. The van der Waals surface area contributed by atoms with Crippen LogP contribution < -0.4 is 5.32 Å². The number of nitrogens with zero attached hydrogens (tertiary/aromatic N) is 1. The van der Waals surface area contributed by atoms with Crippen molar-refractivity contribution in [3.05, 3.63) is 23.2 Å². The van der Waals surface area contributed by atoms with Gasteiger partial charge in [-0.25, -0.2) is 4.98 Å². The quantitative estimate of drug-likeness (QED) is 0.898. The molecular formula is C12H15ClN2OS. The van der Waals surface area contributed by atoms with Crippen molar-refractivity contribution in [3.8, 4) is 0 Å². The van der Waals surface area contributed by atoms with Gasteiger partial charge in [-0.3, -0.25) is 0 Å². The number of anilines is 1. The Kier molecular flexibility index (Phi) is 4.20. The fraction of sp³-hybridized carbons (Fsp3) is 0.417. The second kappa shape index (κ2) is 5.67. The lowest BCUT2D eigenvalue weighted by Crippen LogP contribution is -2.16. The number of aromatic nitrogens is 1. The van der Waals surface area contributed by atoms with Gasteiger partial charge < -0.3 is 10.1 Å². The highest BCUT2D eigenvalue weighted by molar-refractivity contribution is 7.22. The zero-order valence-corrected chi connectivity index (χ0v) is 11.4. The Morgan fingerprint density at radius 2 is 2.35 bits per heavy atom. The van der Waals surface area contributed by atoms with Crippen LogP contribution in [0.1, 0.15) is 13.3 Å². The average molecular weight is 271 g/mol. The summed E-state index contributed by atoms with van der Waals surface area (Å²) in [6.07, 6.45) is 0.958. The number of benzene rings is 1. The van der Waals surface area contributed by atoms with Crippen molar-refractivity contribution in [1.29, 1.82) is 0 Å². The van der Waals surface area contributed by atoms with Gasteiger partial charge in [0.15, 0.2) is 5.13 Å². The Labute approximate surface area is 110 Å². The summed E-state index contributed by atoms with van der Waals surface area (Å²) in [5, 5.41) is 5.04. The van der Waals surface area contributed by atoms with Gasteiger partial charge >= 0.3 is 0 Å². The Morgan fingerprint density at radius 1 is 1.53 bits per heavy atom. The molecule has 0 saturated heterocycles. The van der Waals surface area contributed by atoms with Crippen molar-refractivity contribution in [2.24, 2.45) is 0 Å². The molecule has 92 valence electrons. The van der Waals surface area contributed by atoms with Gasteiger partial charge in [0, 0.05) is 19.8 Å². The maximum atomic E-state index is 6.11. The van der Waals surface area contributed by atoms with E-state index in [2.05, 4.69) is 17.2 Å². The highest BCUT2D eigenvalue weighted by Crippen LogP contribution is 2.32. The molecule has 2 rings (SSSR count). The number of methoxy groups -OCH3 is 1. The number of hydrogen-bond acceptors (Lipinski definition) is 4. The summed E-state index contributed by atoms with van der Waals surface area (Å²) in [6, 6.07) is 6.13. The first kappa shape index (κ1) is 12.6. The fourth-order valence-corrected chi connectivity index (χ4v) is 2.82. The van der Waals surface area contributed by atoms with Crippen LogP contribution in [-0.2, 0) is 4.74 Å². The molecule has 0 spiro atoms. The first-order valence-corrected chi connectivity index (χ1v) is 6.70. The van der Waals surface area contributed by atoms with E-state index in [-0.39, 0.29) is 0 Å². The van der Waals surface area contributed by atoms with E-state index in [9.17, 15) is 0 Å². The van der Waals surface area contributed by atoms with E-state index < -0.39 is 0 Å². The molecule has 1 aromatic carbocycles. The third kappa shape index (κ3) is 3.09. The number of thiazole rings is 1. The Balaban J connectivity index is 2.11. The minimum absolute atomic E-state index is 0.342. The second-order valence-electron chi connectivity index (χ2n) is 3.93. The minimum atomic E-state index is 0.342. The van der Waals surface area contributed by atoms with Crippen molar-refractivity contribution in [1.82, 2.24) is 4.98 Å². The minimum Gasteiger partial charge on any atom is -0.385 e. The summed E-state index contributed by atoms with van der Waals surface area (Å²) >= 11 is 7.70. The van der Waals surface area contributed by atoms with Gasteiger partial charge in [-0.1, -0.05) is 29.0 Å². The van der Waals surface area contributed by atoms with Crippen LogP contribution in [0, 0.1) is 0 Å². The first-order chi connectivity index (χ1) is 8.20. The van der Waals surface area contributed by atoms with Gasteiger partial charge in [0.1, 0.15) is 0 Å². The number of halogens is 1. The summed E-state index contributed by atoms with van der Waals surface area (Å²) in [6.45, 7) is 2.87. The van der Waals surface area contributed by atoms with Gasteiger partial charge in [-0.2, -0.15) is 0 Å². The van der Waals surface area contributed by atoms with Crippen LogP contribution in [0.25, 0.3) is 10.2 Å². The summed E-state index contributed by atoms with van der Waals surface area (Å²) in [5.41, 5.74) is 0.948. The number of ether oxygens (including phenoxy) is 1. The molecule has 0 fully saturated rings. The van der Waals surface area contributed by atoms with E-state index in [1.807, 2.05) is 18.2 Å². The smallest absolute Gasteiger partial charge is 0.184 e. The van der Waals surface area contributed by atoms with E-state index in [1.165, 1.54) is 0 Å². The van der Waals surface area contributed by atoms with E-state index >= 15 is 0 Å². The van der Waals surface area contributed by atoms with Crippen LogP contribution in [0.5, 0.6) is 0 Å². The monoisotopic (exact) mass is 270 g/mol. The van der Waals surface area contributed by atoms with Crippen molar-refractivity contribution in [3.63, 3.8) is 0 Å². The van der Waals surface area contributed by atoms with Crippen LogP contribution in [0.4, 0.5) is 5.13 Å². The molecule has 2 aromatic rings. The van der Waals surface area contributed by atoms with Crippen molar-refractivity contribution in [2.75, 3.05) is 19.0 Å². The zero-order chi connectivity index (χ0) is 12.3. The molecule has 0 aliphatic carbocycles. The lowest BCUT2D eigenvalue weighted by molar-refractivity contribution is 0.191. The lowest BCUT2D eigenvalue weighted by Gasteiger charge is -2.11. The van der Waals surface area contributed by atoms with Crippen LogP contribution in [0.3, 0.4) is 0 Å². The van der Waals surface area contributed by atoms with Crippen LogP contribution >= 0.6 is 22.9 Å². The van der Waals surface area contributed by atoms with E-state index in [4.69, 9.17) is 16.3 Å².